The summed E-state index contributed by atoms with van der Waals surface area (Å²) in [6.07, 6.45) is 5.54. The summed E-state index contributed by atoms with van der Waals surface area (Å²) < 4.78 is 0. The van der Waals surface area contributed by atoms with Crippen molar-refractivity contribution in [3.63, 3.8) is 0 Å². The summed E-state index contributed by atoms with van der Waals surface area (Å²) in [5.41, 5.74) is 4.04. The third-order valence-electron chi connectivity index (χ3n) is 2.18. The molecular weight excluding hydrogens is 168 g/mol. The van der Waals surface area contributed by atoms with Gasteiger partial charge in [0, 0.05) is 0 Å². The van der Waals surface area contributed by atoms with Gasteiger partial charge in [-0.2, -0.15) is 0 Å². The van der Waals surface area contributed by atoms with E-state index in [2.05, 4.69) is 57.2 Å². The van der Waals surface area contributed by atoms with E-state index in [9.17, 15) is 0 Å². The lowest BCUT2D eigenvalue weighted by Gasteiger charge is -1.99. The van der Waals surface area contributed by atoms with E-state index >= 15 is 0 Å². The second-order valence-corrected chi connectivity index (χ2v) is 3.77. The molecule has 74 valence electrons. The van der Waals surface area contributed by atoms with Crippen LogP contribution in [-0.4, -0.2) is 0 Å². The molecule has 0 heteroatoms. The smallest absolute Gasteiger partial charge is 0.0161 e. The predicted molar refractivity (Wildman–Crippen MR) is 64.1 cm³/mol. The van der Waals surface area contributed by atoms with E-state index in [1.165, 1.54) is 16.7 Å². The normalized spacial score (nSPS) is 11.2. The molecule has 0 nitrogen and oxygen atoms in total. The molecule has 14 heavy (non-hydrogen) atoms. The van der Waals surface area contributed by atoms with Crippen LogP contribution in [0.1, 0.15) is 32.8 Å². The summed E-state index contributed by atoms with van der Waals surface area (Å²) in [6, 6.07) is 10.5. The highest BCUT2D eigenvalue weighted by atomic mass is 14.0. The topological polar surface area (TPSA) is 0 Å². The van der Waals surface area contributed by atoms with E-state index in [0.29, 0.717) is 0 Å². The largest absolute Gasteiger partial charge is 0.0821 e. The van der Waals surface area contributed by atoms with Crippen molar-refractivity contribution in [1.82, 2.24) is 0 Å². The number of hydrogen-bond donors (Lipinski definition) is 0. The Kier molecular flexibility index (Phi) is 4.18. The fraction of sp³-hybridized carbons (Fsp3) is 0.286. The van der Waals surface area contributed by atoms with Gasteiger partial charge in [-0.3, -0.25) is 0 Å². The van der Waals surface area contributed by atoms with Crippen LogP contribution in [0.15, 0.2) is 48.1 Å². The van der Waals surface area contributed by atoms with Crippen LogP contribution in [-0.2, 0) is 0 Å². The lowest BCUT2D eigenvalue weighted by Crippen LogP contribution is -1.77. The molecular formula is C14H18. The van der Waals surface area contributed by atoms with Crippen LogP contribution in [0.2, 0.25) is 0 Å². The summed E-state index contributed by atoms with van der Waals surface area (Å²) in [5, 5.41) is 0. The maximum atomic E-state index is 2.27. The zero-order chi connectivity index (χ0) is 10.4. The summed E-state index contributed by atoms with van der Waals surface area (Å²) in [4.78, 5) is 0. The molecule has 0 radical (unpaired) electrons. The van der Waals surface area contributed by atoms with Crippen molar-refractivity contribution in [2.75, 3.05) is 0 Å². The van der Waals surface area contributed by atoms with Crippen LogP contribution >= 0.6 is 0 Å². The van der Waals surface area contributed by atoms with Crippen molar-refractivity contribution < 1.29 is 0 Å². The first kappa shape index (κ1) is 10.8. The van der Waals surface area contributed by atoms with E-state index in [1.807, 2.05) is 6.07 Å². The molecule has 0 atom stereocenters. The van der Waals surface area contributed by atoms with Gasteiger partial charge in [0.1, 0.15) is 0 Å². The van der Waals surface area contributed by atoms with Crippen molar-refractivity contribution >= 4 is 5.57 Å². The van der Waals surface area contributed by atoms with Gasteiger partial charge < -0.3 is 0 Å². The van der Waals surface area contributed by atoms with Crippen molar-refractivity contribution in [2.24, 2.45) is 0 Å². The number of rotatable bonds is 3. The SMILES string of the molecule is CC(C)=CCC=C(C)c1ccccc1. The predicted octanol–water partition coefficient (Wildman–Crippen LogP) is 4.45. The molecule has 0 N–H and O–H groups in total. The minimum Gasteiger partial charge on any atom is -0.0821 e. The maximum absolute atomic E-state index is 2.27. The Morgan fingerprint density at radius 1 is 1.00 bits per heavy atom. The molecule has 0 fully saturated rings. The highest BCUT2D eigenvalue weighted by Gasteiger charge is 1.91. The third-order valence-corrected chi connectivity index (χ3v) is 2.18. The monoisotopic (exact) mass is 186 g/mol. The van der Waals surface area contributed by atoms with Crippen LogP contribution in [0.4, 0.5) is 0 Å². The Bertz CT molecular complexity index is 324. The first-order valence-corrected chi connectivity index (χ1v) is 5.05. The van der Waals surface area contributed by atoms with Gasteiger partial charge in [-0.1, -0.05) is 48.1 Å². The van der Waals surface area contributed by atoms with E-state index in [4.69, 9.17) is 0 Å². The van der Waals surface area contributed by atoms with Crippen LogP contribution < -0.4 is 0 Å². The number of benzene rings is 1. The third kappa shape index (κ3) is 3.61. The molecule has 0 heterocycles. The van der Waals surface area contributed by atoms with E-state index < -0.39 is 0 Å². The first-order valence-electron chi connectivity index (χ1n) is 5.05. The summed E-state index contributed by atoms with van der Waals surface area (Å²) in [7, 11) is 0. The molecule has 0 aromatic heterocycles. The van der Waals surface area contributed by atoms with Crippen molar-refractivity contribution in [3.8, 4) is 0 Å². The molecule has 1 rings (SSSR count). The van der Waals surface area contributed by atoms with E-state index in [-0.39, 0.29) is 0 Å². The summed E-state index contributed by atoms with van der Waals surface area (Å²) >= 11 is 0. The second-order valence-electron chi connectivity index (χ2n) is 3.77. The van der Waals surface area contributed by atoms with Gasteiger partial charge in [0.25, 0.3) is 0 Å². The minimum absolute atomic E-state index is 1.03. The molecule has 0 bridgehead atoms. The fourth-order valence-electron chi connectivity index (χ4n) is 1.29. The Morgan fingerprint density at radius 2 is 1.64 bits per heavy atom. The molecule has 1 aromatic carbocycles. The zero-order valence-corrected chi connectivity index (χ0v) is 9.25. The number of allylic oxidation sites excluding steroid dienone is 4. The van der Waals surface area contributed by atoms with Gasteiger partial charge >= 0.3 is 0 Å². The standard InChI is InChI=1S/C14H18/c1-12(2)8-7-9-13(3)14-10-5-4-6-11-14/h4-6,8-11H,7H2,1-3H3. The quantitative estimate of drug-likeness (QED) is 0.612. The van der Waals surface area contributed by atoms with Gasteiger partial charge in [0.15, 0.2) is 0 Å². The highest BCUT2D eigenvalue weighted by Crippen LogP contribution is 2.13. The van der Waals surface area contributed by atoms with Crippen LogP contribution in [0.25, 0.3) is 5.57 Å². The minimum atomic E-state index is 1.03. The lowest BCUT2D eigenvalue weighted by molar-refractivity contribution is 1.28. The van der Waals surface area contributed by atoms with Crippen LogP contribution in [0.5, 0.6) is 0 Å². The van der Waals surface area contributed by atoms with Crippen molar-refractivity contribution in [1.29, 1.82) is 0 Å². The Morgan fingerprint density at radius 3 is 2.21 bits per heavy atom. The highest BCUT2D eigenvalue weighted by molar-refractivity contribution is 5.63. The fourth-order valence-corrected chi connectivity index (χ4v) is 1.29. The van der Waals surface area contributed by atoms with Gasteiger partial charge in [0.05, 0.1) is 0 Å². The van der Waals surface area contributed by atoms with Gasteiger partial charge in [-0.15, -0.1) is 0 Å². The molecule has 0 saturated carbocycles. The maximum Gasteiger partial charge on any atom is -0.0161 e. The van der Waals surface area contributed by atoms with E-state index in [0.717, 1.165) is 6.42 Å². The van der Waals surface area contributed by atoms with Gasteiger partial charge in [-0.05, 0) is 38.3 Å². The average molecular weight is 186 g/mol. The Labute approximate surface area is 87.0 Å². The Balaban J connectivity index is 2.66. The summed E-state index contributed by atoms with van der Waals surface area (Å²) in [5.74, 6) is 0. The zero-order valence-electron chi connectivity index (χ0n) is 9.25. The molecule has 1 aromatic rings. The van der Waals surface area contributed by atoms with Crippen molar-refractivity contribution in [2.45, 2.75) is 27.2 Å². The van der Waals surface area contributed by atoms with Crippen LogP contribution in [0, 0.1) is 0 Å². The van der Waals surface area contributed by atoms with Gasteiger partial charge in [0.2, 0.25) is 0 Å². The number of hydrogen-bond acceptors (Lipinski definition) is 0. The Hall–Kier alpha value is -1.30. The first-order chi connectivity index (χ1) is 6.70. The molecule has 0 aliphatic carbocycles. The van der Waals surface area contributed by atoms with Crippen molar-refractivity contribution in [3.05, 3.63) is 53.6 Å². The van der Waals surface area contributed by atoms with E-state index in [1.54, 1.807) is 0 Å². The molecule has 0 unspecified atom stereocenters. The molecule has 0 amide bonds. The molecule has 0 spiro atoms. The summed E-state index contributed by atoms with van der Waals surface area (Å²) in [6.45, 7) is 6.42. The van der Waals surface area contributed by atoms with Gasteiger partial charge in [-0.25, -0.2) is 0 Å². The average Bonchev–Trinajstić information content (AvgIpc) is 2.18. The molecule has 0 aliphatic heterocycles. The molecule has 0 saturated heterocycles. The second kappa shape index (κ2) is 5.43. The molecule has 0 aliphatic rings. The van der Waals surface area contributed by atoms with Crippen LogP contribution in [0.3, 0.4) is 0 Å². The lowest BCUT2D eigenvalue weighted by atomic mass is 10.1.